The molecule has 0 unspecified atom stereocenters. The van der Waals surface area contributed by atoms with Crippen LogP contribution in [0.4, 0.5) is 0 Å². The third kappa shape index (κ3) is 2.50. The van der Waals surface area contributed by atoms with Gasteiger partial charge in [0.1, 0.15) is 0 Å². The zero-order valence-electron chi connectivity index (χ0n) is 10.3. The zero-order chi connectivity index (χ0) is 13.4. The maximum atomic E-state index is 12.1. The SMILES string of the molecule is O=C(N[C@H]1CN2CCC1CC2)c1ncc(O)c(Cl)n1. The molecule has 0 radical (unpaired) electrons. The second-order valence-corrected chi connectivity index (χ2v) is 5.45. The molecule has 0 aliphatic carbocycles. The van der Waals surface area contributed by atoms with E-state index in [-0.39, 0.29) is 28.7 Å². The average molecular weight is 283 g/mol. The smallest absolute Gasteiger partial charge is 0.289 e. The molecular formula is C12H15ClN4O2. The first kappa shape index (κ1) is 12.6. The highest BCUT2D eigenvalue weighted by molar-refractivity contribution is 6.30. The van der Waals surface area contributed by atoms with Gasteiger partial charge in [0.05, 0.1) is 6.20 Å². The summed E-state index contributed by atoms with van der Waals surface area (Å²) in [5, 5.41) is 12.1. The quantitative estimate of drug-likeness (QED) is 0.779. The number of amides is 1. The third-order valence-electron chi connectivity index (χ3n) is 3.90. The Hall–Kier alpha value is -1.40. The monoisotopic (exact) mass is 282 g/mol. The molecule has 3 aliphatic heterocycles. The number of rotatable bonds is 2. The number of carbonyl (C=O) groups is 1. The van der Waals surface area contributed by atoms with Gasteiger partial charge in [-0.15, -0.1) is 0 Å². The molecule has 102 valence electrons. The molecule has 4 rings (SSSR count). The van der Waals surface area contributed by atoms with Crippen molar-refractivity contribution in [3.63, 3.8) is 0 Å². The molecule has 3 aliphatic rings. The molecule has 1 amide bonds. The number of fused-ring (bicyclic) bond motifs is 3. The molecule has 2 bridgehead atoms. The van der Waals surface area contributed by atoms with E-state index in [0.29, 0.717) is 5.92 Å². The normalized spacial score (nSPS) is 29.2. The molecule has 19 heavy (non-hydrogen) atoms. The van der Waals surface area contributed by atoms with Crippen LogP contribution in [0.15, 0.2) is 6.20 Å². The molecule has 0 aromatic carbocycles. The van der Waals surface area contributed by atoms with Crippen molar-refractivity contribution in [2.45, 2.75) is 18.9 Å². The molecule has 3 fully saturated rings. The van der Waals surface area contributed by atoms with Gasteiger partial charge in [-0.05, 0) is 31.8 Å². The van der Waals surface area contributed by atoms with Crippen LogP contribution in [0.2, 0.25) is 5.15 Å². The Bertz CT molecular complexity index is 503. The Kier molecular flexibility index (Phi) is 3.28. The number of nitrogens with zero attached hydrogens (tertiary/aromatic N) is 3. The molecule has 0 saturated carbocycles. The van der Waals surface area contributed by atoms with Gasteiger partial charge in [0.15, 0.2) is 10.9 Å². The van der Waals surface area contributed by atoms with Crippen molar-refractivity contribution >= 4 is 17.5 Å². The summed E-state index contributed by atoms with van der Waals surface area (Å²) in [6, 6.07) is 0.158. The molecule has 7 heteroatoms. The number of nitrogens with one attached hydrogen (secondary N) is 1. The lowest BCUT2D eigenvalue weighted by atomic mass is 9.84. The number of piperidine rings is 3. The van der Waals surface area contributed by atoms with E-state index in [2.05, 4.69) is 20.2 Å². The van der Waals surface area contributed by atoms with E-state index in [1.807, 2.05) is 0 Å². The van der Waals surface area contributed by atoms with Crippen LogP contribution in [0.3, 0.4) is 0 Å². The van der Waals surface area contributed by atoms with Crippen molar-refractivity contribution in [1.82, 2.24) is 20.2 Å². The Morgan fingerprint density at radius 1 is 1.47 bits per heavy atom. The Morgan fingerprint density at radius 3 is 2.79 bits per heavy atom. The van der Waals surface area contributed by atoms with Gasteiger partial charge >= 0.3 is 0 Å². The van der Waals surface area contributed by atoms with Crippen LogP contribution in [-0.4, -0.2) is 51.6 Å². The van der Waals surface area contributed by atoms with Gasteiger partial charge < -0.3 is 15.3 Å². The van der Waals surface area contributed by atoms with Crippen LogP contribution in [0, 0.1) is 5.92 Å². The summed E-state index contributed by atoms with van der Waals surface area (Å²) >= 11 is 5.67. The lowest BCUT2D eigenvalue weighted by Gasteiger charge is -2.44. The van der Waals surface area contributed by atoms with Gasteiger partial charge in [-0.2, -0.15) is 0 Å². The summed E-state index contributed by atoms with van der Waals surface area (Å²) in [6.45, 7) is 3.14. The fourth-order valence-electron chi connectivity index (χ4n) is 2.83. The molecule has 3 saturated heterocycles. The maximum absolute atomic E-state index is 12.1. The number of hydrogen-bond acceptors (Lipinski definition) is 5. The van der Waals surface area contributed by atoms with E-state index in [9.17, 15) is 9.90 Å². The van der Waals surface area contributed by atoms with Crippen molar-refractivity contribution in [3.8, 4) is 5.75 Å². The Morgan fingerprint density at radius 2 is 2.21 bits per heavy atom. The van der Waals surface area contributed by atoms with Crippen molar-refractivity contribution < 1.29 is 9.90 Å². The lowest BCUT2D eigenvalue weighted by molar-refractivity contribution is 0.0614. The lowest BCUT2D eigenvalue weighted by Crippen LogP contribution is -2.57. The molecule has 2 N–H and O–H groups in total. The van der Waals surface area contributed by atoms with Crippen LogP contribution in [0.1, 0.15) is 23.5 Å². The van der Waals surface area contributed by atoms with Crippen molar-refractivity contribution in [2.75, 3.05) is 19.6 Å². The number of aromatic hydroxyl groups is 1. The average Bonchev–Trinajstić information content (AvgIpc) is 2.43. The summed E-state index contributed by atoms with van der Waals surface area (Å²) in [5.74, 6) is -0.0116. The molecular weight excluding hydrogens is 268 g/mol. The minimum absolute atomic E-state index is 0.000697. The van der Waals surface area contributed by atoms with E-state index < -0.39 is 0 Å². The number of halogens is 1. The Balaban J connectivity index is 1.69. The fraction of sp³-hybridized carbons (Fsp3) is 0.583. The van der Waals surface area contributed by atoms with Crippen LogP contribution < -0.4 is 5.32 Å². The summed E-state index contributed by atoms with van der Waals surface area (Å²) < 4.78 is 0. The zero-order valence-corrected chi connectivity index (χ0v) is 11.1. The third-order valence-corrected chi connectivity index (χ3v) is 4.18. The molecule has 1 atom stereocenters. The van der Waals surface area contributed by atoms with E-state index >= 15 is 0 Å². The highest BCUT2D eigenvalue weighted by Gasteiger charge is 2.35. The molecule has 4 heterocycles. The van der Waals surface area contributed by atoms with Gasteiger partial charge in [0.2, 0.25) is 5.82 Å². The number of aromatic nitrogens is 2. The van der Waals surface area contributed by atoms with Gasteiger partial charge in [0.25, 0.3) is 5.91 Å². The molecule has 1 aromatic heterocycles. The first-order valence-corrected chi connectivity index (χ1v) is 6.76. The van der Waals surface area contributed by atoms with Crippen molar-refractivity contribution in [3.05, 3.63) is 17.2 Å². The van der Waals surface area contributed by atoms with Gasteiger partial charge in [-0.25, -0.2) is 9.97 Å². The largest absolute Gasteiger partial charge is 0.504 e. The van der Waals surface area contributed by atoms with Crippen molar-refractivity contribution in [2.24, 2.45) is 5.92 Å². The summed E-state index contributed by atoms with van der Waals surface area (Å²) in [6.07, 6.45) is 3.39. The predicted octanol–water partition coefficient (Wildman–Crippen LogP) is 0.660. The number of hydrogen-bond donors (Lipinski definition) is 2. The van der Waals surface area contributed by atoms with Crippen molar-refractivity contribution in [1.29, 1.82) is 0 Å². The predicted molar refractivity (Wildman–Crippen MR) is 69.1 cm³/mol. The van der Waals surface area contributed by atoms with E-state index in [1.165, 1.54) is 0 Å². The Labute approximate surface area is 115 Å². The highest BCUT2D eigenvalue weighted by Crippen LogP contribution is 2.27. The highest BCUT2D eigenvalue weighted by atomic mass is 35.5. The topological polar surface area (TPSA) is 78.4 Å². The van der Waals surface area contributed by atoms with Gasteiger partial charge in [-0.3, -0.25) is 4.79 Å². The fourth-order valence-corrected chi connectivity index (χ4v) is 2.95. The van der Waals surface area contributed by atoms with Crippen LogP contribution in [-0.2, 0) is 0 Å². The summed E-state index contributed by atoms with van der Waals surface area (Å²) in [7, 11) is 0. The van der Waals surface area contributed by atoms with Crippen LogP contribution in [0.5, 0.6) is 5.75 Å². The number of carbonyl (C=O) groups excluding carboxylic acids is 1. The standard InChI is InChI=1S/C12H15ClN4O2/c13-10-9(18)5-14-11(16-10)12(19)15-8-6-17-3-1-7(8)2-4-17/h5,7-8,18H,1-4,6H2,(H,15,19)/t8-/m0/s1. The second kappa shape index (κ2) is 4.94. The molecule has 0 spiro atoms. The minimum Gasteiger partial charge on any atom is -0.504 e. The van der Waals surface area contributed by atoms with Gasteiger partial charge in [0, 0.05) is 12.6 Å². The molecule has 6 nitrogen and oxygen atoms in total. The summed E-state index contributed by atoms with van der Waals surface area (Å²) in [4.78, 5) is 22.0. The van der Waals surface area contributed by atoms with Gasteiger partial charge in [-0.1, -0.05) is 11.6 Å². The van der Waals surface area contributed by atoms with E-state index in [1.54, 1.807) is 0 Å². The summed E-state index contributed by atoms with van der Waals surface area (Å²) in [5.41, 5.74) is 0. The second-order valence-electron chi connectivity index (χ2n) is 5.09. The van der Waals surface area contributed by atoms with Crippen LogP contribution in [0.25, 0.3) is 0 Å². The minimum atomic E-state index is -0.333. The maximum Gasteiger partial charge on any atom is 0.289 e. The van der Waals surface area contributed by atoms with Crippen LogP contribution >= 0.6 is 11.6 Å². The first-order chi connectivity index (χ1) is 9.13. The van der Waals surface area contributed by atoms with E-state index in [0.717, 1.165) is 38.7 Å². The van der Waals surface area contributed by atoms with E-state index in [4.69, 9.17) is 11.6 Å². The molecule has 1 aromatic rings. The first-order valence-electron chi connectivity index (χ1n) is 6.38.